The number of nitrogens with one attached hydrogen (secondary N) is 1. The van der Waals surface area contributed by atoms with Gasteiger partial charge in [-0.1, -0.05) is 6.07 Å². The number of rotatable bonds is 3. The standard InChI is InChI=1S/C14H19N5O.2ClH/c1-9(16-14(20)10-5-6-11(15)8-10)13-18-17-12-4-2-3-7-19(12)13;;/h2-4,7,9-11H,5-6,8,15H2,1H3,(H,16,20);2*1H. The Hall–Kier alpha value is -1.37. The summed E-state index contributed by atoms with van der Waals surface area (Å²) < 4.78 is 1.89. The maximum Gasteiger partial charge on any atom is 0.223 e. The Morgan fingerprint density at radius 1 is 1.36 bits per heavy atom. The molecule has 0 aromatic carbocycles. The van der Waals surface area contributed by atoms with Crippen molar-refractivity contribution in [2.75, 3.05) is 0 Å². The molecule has 3 atom stereocenters. The molecular weight excluding hydrogens is 325 g/mol. The fourth-order valence-electron chi connectivity index (χ4n) is 2.81. The van der Waals surface area contributed by atoms with Gasteiger partial charge in [-0.25, -0.2) is 0 Å². The van der Waals surface area contributed by atoms with Crippen molar-refractivity contribution in [3.8, 4) is 0 Å². The molecule has 122 valence electrons. The summed E-state index contributed by atoms with van der Waals surface area (Å²) in [5.41, 5.74) is 6.64. The third kappa shape index (κ3) is 3.69. The number of amides is 1. The van der Waals surface area contributed by atoms with Crippen LogP contribution in [0.3, 0.4) is 0 Å². The van der Waals surface area contributed by atoms with E-state index >= 15 is 0 Å². The van der Waals surface area contributed by atoms with E-state index in [4.69, 9.17) is 5.73 Å². The average Bonchev–Trinajstić information content (AvgIpc) is 3.04. The highest BCUT2D eigenvalue weighted by molar-refractivity contribution is 5.85. The van der Waals surface area contributed by atoms with Crippen LogP contribution in [0.15, 0.2) is 24.4 Å². The number of pyridine rings is 1. The first-order chi connectivity index (χ1) is 9.65. The molecule has 3 rings (SSSR count). The SMILES string of the molecule is CC(NC(=O)C1CCC(N)C1)c1nnc2ccccn12.Cl.Cl. The van der Waals surface area contributed by atoms with Gasteiger partial charge in [0.1, 0.15) is 0 Å². The molecule has 1 saturated carbocycles. The second-order valence-corrected chi connectivity index (χ2v) is 5.49. The van der Waals surface area contributed by atoms with Gasteiger partial charge in [-0.05, 0) is 38.3 Å². The van der Waals surface area contributed by atoms with Crippen LogP contribution >= 0.6 is 24.8 Å². The molecule has 0 aliphatic heterocycles. The molecule has 3 unspecified atom stereocenters. The molecule has 6 nitrogen and oxygen atoms in total. The van der Waals surface area contributed by atoms with Crippen molar-refractivity contribution in [3.05, 3.63) is 30.2 Å². The number of nitrogens with zero attached hydrogens (tertiary/aromatic N) is 3. The van der Waals surface area contributed by atoms with Crippen LogP contribution in [-0.4, -0.2) is 26.5 Å². The van der Waals surface area contributed by atoms with E-state index in [9.17, 15) is 4.79 Å². The first kappa shape index (κ1) is 18.7. The number of fused-ring (bicyclic) bond motifs is 1. The molecule has 1 aliphatic rings. The van der Waals surface area contributed by atoms with Gasteiger partial charge in [-0.2, -0.15) is 0 Å². The number of nitrogens with two attached hydrogens (primary N) is 1. The predicted octanol–water partition coefficient (Wildman–Crippen LogP) is 1.88. The van der Waals surface area contributed by atoms with Crippen LogP contribution in [0.1, 0.15) is 38.1 Å². The highest BCUT2D eigenvalue weighted by Gasteiger charge is 2.29. The molecule has 2 aromatic heterocycles. The zero-order valence-corrected chi connectivity index (χ0v) is 13.9. The van der Waals surface area contributed by atoms with Crippen LogP contribution in [0.5, 0.6) is 0 Å². The van der Waals surface area contributed by atoms with E-state index in [1.54, 1.807) is 0 Å². The monoisotopic (exact) mass is 345 g/mol. The highest BCUT2D eigenvalue weighted by Crippen LogP contribution is 2.25. The van der Waals surface area contributed by atoms with Gasteiger partial charge in [-0.15, -0.1) is 35.0 Å². The Labute approximate surface area is 141 Å². The normalized spacial score (nSPS) is 21.7. The molecule has 1 fully saturated rings. The first-order valence-corrected chi connectivity index (χ1v) is 7.01. The molecule has 2 heterocycles. The molecule has 0 saturated heterocycles. The number of halogens is 2. The molecule has 8 heteroatoms. The van der Waals surface area contributed by atoms with E-state index in [2.05, 4.69) is 15.5 Å². The summed E-state index contributed by atoms with van der Waals surface area (Å²) in [6.45, 7) is 1.93. The lowest BCUT2D eigenvalue weighted by molar-refractivity contribution is -0.125. The fraction of sp³-hybridized carbons (Fsp3) is 0.500. The smallest absolute Gasteiger partial charge is 0.223 e. The van der Waals surface area contributed by atoms with Gasteiger partial charge in [0.15, 0.2) is 11.5 Å². The third-order valence-electron chi connectivity index (χ3n) is 3.93. The first-order valence-electron chi connectivity index (χ1n) is 7.01. The maximum absolute atomic E-state index is 12.2. The largest absolute Gasteiger partial charge is 0.346 e. The zero-order valence-electron chi connectivity index (χ0n) is 12.3. The molecule has 0 radical (unpaired) electrons. The Morgan fingerprint density at radius 2 is 2.14 bits per heavy atom. The minimum atomic E-state index is -0.170. The highest BCUT2D eigenvalue weighted by atomic mass is 35.5. The molecule has 1 amide bonds. The van der Waals surface area contributed by atoms with Gasteiger partial charge < -0.3 is 11.1 Å². The quantitative estimate of drug-likeness (QED) is 0.889. The van der Waals surface area contributed by atoms with Crippen molar-refractivity contribution >= 4 is 36.4 Å². The second-order valence-electron chi connectivity index (χ2n) is 5.49. The summed E-state index contributed by atoms with van der Waals surface area (Å²) in [5, 5.41) is 11.3. The lowest BCUT2D eigenvalue weighted by atomic mass is 10.1. The molecule has 0 spiro atoms. The summed E-state index contributed by atoms with van der Waals surface area (Å²) in [7, 11) is 0. The number of aromatic nitrogens is 3. The van der Waals surface area contributed by atoms with Gasteiger partial charge in [0.05, 0.1) is 6.04 Å². The fourth-order valence-corrected chi connectivity index (χ4v) is 2.81. The summed E-state index contributed by atoms with van der Waals surface area (Å²) in [6.07, 6.45) is 4.48. The predicted molar refractivity (Wildman–Crippen MR) is 89.4 cm³/mol. The van der Waals surface area contributed by atoms with Crippen molar-refractivity contribution in [1.29, 1.82) is 0 Å². The summed E-state index contributed by atoms with van der Waals surface area (Å²) in [5.74, 6) is 0.848. The van der Waals surface area contributed by atoms with E-state index in [-0.39, 0.29) is 48.7 Å². The zero-order chi connectivity index (χ0) is 14.1. The van der Waals surface area contributed by atoms with E-state index in [1.807, 2.05) is 35.7 Å². The van der Waals surface area contributed by atoms with Crippen LogP contribution < -0.4 is 11.1 Å². The molecule has 0 bridgehead atoms. The van der Waals surface area contributed by atoms with Crippen molar-refractivity contribution in [2.24, 2.45) is 11.7 Å². The Bertz CT molecular complexity index is 632. The Morgan fingerprint density at radius 3 is 2.82 bits per heavy atom. The van der Waals surface area contributed by atoms with Crippen LogP contribution in [0.2, 0.25) is 0 Å². The molecule has 1 aliphatic carbocycles. The number of hydrogen-bond donors (Lipinski definition) is 2. The van der Waals surface area contributed by atoms with Gasteiger partial charge in [0, 0.05) is 18.2 Å². The maximum atomic E-state index is 12.2. The Kier molecular flexibility index (Phi) is 6.59. The van der Waals surface area contributed by atoms with Crippen molar-refractivity contribution < 1.29 is 4.79 Å². The molecule has 22 heavy (non-hydrogen) atoms. The summed E-state index contributed by atoms with van der Waals surface area (Å²) in [4.78, 5) is 12.2. The van der Waals surface area contributed by atoms with Crippen LogP contribution in [0.25, 0.3) is 5.65 Å². The van der Waals surface area contributed by atoms with Crippen molar-refractivity contribution in [3.63, 3.8) is 0 Å². The summed E-state index contributed by atoms with van der Waals surface area (Å²) in [6, 6.07) is 5.72. The molecule has 2 aromatic rings. The minimum absolute atomic E-state index is 0. The Balaban J connectivity index is 0.00000121. The van der Waals surface area contributed by atoms with Crippen molar-refractivity contribution in [1.82, 2.24) is 19.9 Å². The van der Waals surface area contributed by atoms with E-state index < -0.39 is 0 Å². The number of carbonyl (C=O) groups is 1. The molecule has 3 N–H and O–H groups in total. The number of carbonyl (C=O) groups excluding carboxylic acids is 1. The van der Waals surface area contributed by atoms with E-state index in [0.717, 1.165) is 30.7 Å². The lowest BCUT2D eigenvalue weighted by Gasteiger charge is -2.15. The van der Waals surface area contributed by atoms with Gasteiger partial charge >= 0.3 is 0 Å². The average molecular weight is 346 g/mol. The van der Waals surface area contributed by atoms with Gasteiger partial charge in [0.25, 0.3) is 0 Å². The van der Waals surface area contributed by atoms with Gasteiger partial charge in [-0.3, -0.25) is 9.20 Å². The van der Waals surface area contributed by atoms with E-state index in [0.29, 0.717) is 0 Å². The van der Waals surface area contributed by atoms with Crippen molar-refractivity contribution in [2.45, 2.75) is 38.3 Å². The van der Waals surface area contributed by atoms with Crippen LogP contribution in [0, 0.1) is 5.92 Å². The molecular formula is C14H21Cl2N5O. The van der Waals surface area contributed by atoms with E-state index in [1.165, 1.54) is 0 Å². The lowest BCUT2D eigenvalue weighted by Crippen LogP contribution is -2.33. The van der Waals surface area contributed by atoms with Crippen LogP contribution in [0.4, 0.5) is 0 Å². The third-order valence-corrected chi connectivity index (χ3v) is 3.93. The van der Waals surface area contributed by atoms with Crippen LogP contribution in [-0.2, 0) is 4.79 Å². The second kappa shape index (κ2) is 7.76. The number of hydrogen-bond acceptors (Lipinski definition) is 4. The minimum Gasteiger partial charge on any atom is -0.346 e. The topological polar surface area (TPSA) is 85.3 Å². The van der Waals surface area contributed by atoms with Gasteiger partial charge in [0.2, 0.25) is 5.91 Å². The summed E-state index contributed by atoms with van der Waals surface area (Å²) >= 11 is 0.